The molecule has 0 aromatic heterocycles. The van der Waals surface area contributed by atoms with Gasteiger partial charge in [-0.15, -0.1) is 0 Å². The Labute approximate surface area is 114 Å². The molecule has 4 nitrogen and oxygen atoms in total. The molecular formula is C15H22N2O2. The third-order valence-corrected chi connectivity index (χ3v) is 3.45. The van der Waals surface area contributed by atoms with Gasteiger partial charge in [-0.1, -0.05) is 17.7 Å². The first-order valence-corrected chi connectivity index (χ1v) is 6.79. The number of amides is 1. The van der Waals surface area contributed by atoms with E-state index in [2.05, 4.69) is 17.6 Å². The molecule has 0 bridgehead atoms. The fraction of sp³-hybridized carbons (Fsp3) is 0.533. The predicted octanol–water partition coefficient (Wildman–Crippen LogP) is 2.09. The summed E-state index contributed by atoms with van der Waals surface area (Å²) in [5, 5.41) is 6.14. The minimum absolute atomic E-state index is 0.101. The van der Waals surface area contributed by atoms with Crippen LogP contribution >= 0.6 is 0 Å². The Morgan fingerprint density at radius 1 is 1.42 bits per heavy atom. The zero-order valence-corrected chi connectivity index (χ0v) is 11.7. The SMILES string of the molecule is Cc1ccc(NC(=O)COC2(C)CCCNC2)cc1. The van der Waals surface area contributed by atoms with E-state index < -0.39 is 0 Å². The van der Waals surface area contributed by atoms with E-state index in [1.807, 2.05) is 31.2 Å². The average molecular weight is 262 g/mol. The van der Waals surface area contributed by atoms with Gasteiger partial charge < -0.3 is 15.4 Å². The minimum atomic E-state index is -0.219. The first kappa shape index (κ1) is 14.0. The highest BCUT2D eigenvalue weighted by molar-refractivity contribution is 5.91. The topological polar surface area (TPSA) is 50.4 Å². The third-order valence-electron chi connectivity index (χ3n) is 3.45. The summed E-state index contributed by atoms with van der Waals surface area (Å²) in [4.78, 5) is 11.8. The van der Waals surface area contributed by atoms with Crippen LogP contribution < -0.4 is 10.6 Å². The number of anilines is 1. The molecule has 2 N–H and O–H groups in total. The normalized spacial score (nSPS) is 23.1. The molecule has 1 atom stereocenters. The summed E-state index contributed by atoms with van der Waals surface area (Å²) in [5.41, 5.74) is 1.77. The maximum Gasteiger partial charge on any atom is 0.250 e. The van der Waals surface area contributed by atoms with E-state index in [1.165, 1.54) is 5.56 Å². The highest BCUT2D eigenvalue weighted by atomic mass is 16.5. The van der Waals surface area contributed by atoms with Gasteiger partial charge >= 0.3 is 0 Å². The Morgan fingerprint density at radius 3 is 2.79 bits per heavy atom. The van der Waals surface area contributed by atoms with Gasteiger partial charge in [0.25, 0.3) is 0 Å². The summed E-state index contributed by atoms with van der Waals surface area (Å²) in [6.45, 7) is 6.02. The van der Waals surface area contributed by atoms with Crippen LogP contribution in [0.2, 0.25) is 0 Å². The maximum absolute atomic E-state index is 11.8. The predicted molar refractivity (Wildman–Crippen MR) is 76.3 cm³/mol. The Kier molecular flexibility index (Phi) is 4.56. The summed E-state index contributed by atoms with van der Waals surface area (Å²) in [5.74, 6) is -0.101. The van der Waals surface area contributed by atoms with Crippen molar-refractivity contribution in [2.45, 2.75) is 32.3 Å². The van der Waals surface area contributed by atoms with E-state index in [0.717, 1.165) is 31.6 Å². The van der Waals surface area contributed by atoms with Gasteiger partial charge in [-0.05, 0) is 45.4 Å². The van der Waals surface area contributed by atoms with Crippen molar-refractivity contribution in [3.63, 3.8) is 0 Å². The van der Waals surface area contributed by atoms with Crippen molar-refractivity contribution in [1.82, 2.24) is 5.32 Å². The van der Waals surface area contributed by atoms with Crippen LogP contribution in [-0.4, -0.2) is 31.2 Å². The highest BCUT2D eigenvalue weighted by Crippen LogP contribution is 2.19. The van der Waals surface area contributed by atoms with Crippen LogP contribution in [0.4, 0.5) is 5.69 Å². The highest BCUT2D eigenvalue weighted by Gasteiger charge is 2.28. The van der Waals surface area contributed by atoms with E-state index >= 15 is 0 Å². The van der Waals surface area contributed by atoms with E-state index in [1.54, 1.807) is 0 Å². The van der Waals surface area contributed by atoms with Crippen molar-refractivity contribution in [3.05, 3.63) is 29.8 Å². The summed E-state index contributed by atoms with van der Waals surface area (Å²) in [7, 11) is 0. The lowest BCUT2D eigenvalue weighted by molar-refractivity contribution is -0.128. The van der Waals surface area contributed by atoms with Crippen molar-refractivity contribution in [2.75, 3.05) is 25.0 Å². The van der Waals surface area contributed by atoms with Gasteiger partial charge in [-0.25, -0.2) is 0 Å². The molecule has 19 heavy (non-hydrogen) atoms. The maximum atomic E-state index is 11.8. The second kappa shape index (κ2) is 6.17. The zero-order valence-electron chi connectivity index (χ0n) is 11.7. The van der Waals surface area contributed by atoms with Crippen LogP contribution in [0.5, 0.6) is 0 Å². The quantitative estimate of drug-likeness (QED) is 0.873. The number of benzene rings is 1. The molecule has 1 heterocycles. The van der Waals surface area contributed by atoms with Gasteiger partial charge in [0.1, 0.15) is 6.61 Å². The number of hydrogen-bond donors (Lipinski definition) is 2. The van der Waals surface area contributed by atoms with Crippen molar-refractivity contribution in [1.29, 1.82) is 0 Å². The van der Waals surface area contributed by atoms with Crippen LogP contribution in [-0.2, 0) is 9.53 Å². The van der Waals surface area contributed by atoms with E-state index in [4.69, 9.17) is 4.74 Å². The Morgan fingerprint density at radius 2 is 2.16 bits per heavy atom. The second-order valence-electron chi connectivity index (χ2n) is 5.43. The molecule has 2 rings (SSSR count). The summed E-state index contributed by atoms with van der Waals surface area (Å²) in [6, 6.07) is 7.75. The molecule has 1 aliphatic heterocycles. The number of nitrogens with one attached hydrogen (secondary N) is 2. The Bertz CT molecular complexity index is 422. The van der Waals surface area contributed by atoms with Crippen LogP contribution in [0.15, 0.2) is 24.3 Å². The molecule has 4 heteroatoms. The zero-order chi connectivity index (χ0) is 13.7. The lowest BCUT2D eigenvalue weighted by atomic mass is 9.96. The first-order valence-electron chi connectivity index (χ1n) is 6.79. The van der Waals surface area contributed by atoms with Crippen molar-refractivity contribution < 1.29 is 9.53 Å². The van der Waals surface area contributed by atoms with Crippen molar-refractivity contribution in [3.8, 4) is 0 Å². The number of carbonyl (C=O) groups is 1. The van der Waals surface area contributed by atoms with Gasteiger partial charge in [0, 0.05) is 12.2 Å². The van der Waals surface area contributed by atoms with Gasteiger partial charge in [0.05, 0.1) is 5.60 Å². The molecule has 104 valence electrons. The summed E-state index contributed by atoms with van der Waals surface area (Å²) < 4.78 is 5.75. The van der Waals surface area contributed by atoms with Gasteiger partial charge in [-0.2, -0.15) is 0 Å². The molecule has 0 radical (unpaired) electrons. The number of ether oxygens (including phenoxy) is 1. The van der Waals surface area contributed by atoms with Crippen LogP contribution in [0.3, 0.4) is 0 Å². The minimum Gasteiger partial charge on any atom is -0.364 e. The van der Waals surface area contributed by atoms with Gasteiger partial charge in [0.2, 0.25) is 5.91 Å². The molecule has 1 aromatic carbocycles. The molecule has 1 saturated heterocycles. The van der Waals surface area contributed by atoms with Crippen molar-refractivity contribution >= 4 is 11.6 Å². The molecule has 1 fully saturated rings. The summed E-state index contributed by atoms with van der Waals surface area (Å²) in [6.07, 6.45) is 2.09. The second-order valence-corrected chi connectivity index (χ2v) is 5.43. The lowest BCUT2D eigenvalue weighted by Crippen LogP contribution is -2.46. The molecule has 0 saturated carbocycles. The fourth-order valence-electron chi connectivity index (χ4n) is 2.23. The van der Waals surface area contributed by atoms with Gasteiger partial charge in [-0.3, -0.25) is 4.79 Å². The van der Waals surface area contributed by atoms with Crippen LogP contribution in [0.1, 0.15) is 25.3 Å². The molecule has 0 spiro atoms. The average Bonchev–Trinajstić information content (AvgIpc) is 2.40. The molecule has 1 amide bonds. The number of hydrogen-bond acceptors (Lipinski definition) is 3. The molecule has 1 aliphatic rings. The number of rotatable bonds is 4. The van der Waals surface area contributed by atoms with E-state index in [-0.39, 0.29) is 18.1 Å². The largest absolute Gasteiger partial charge is 0.364 e. The molecule has 0 aliphatic carbocycles. The lowest BCUT2D eigenvalue weighted by Gasteiger charge is -2.33. The molecule has 1 aromatic rings. The van der Waals surface area contributed by atoms with Gasteiger partial charge in [0.15, 0.2) is 0 Å². The number of aryl methyl sites for hydroxylation is 1. The molecular weight excluding hydrogens is 240 g/mol. The first-order chi connectivity index (χ1) is 9.07. The standard InChI is InChI=1S/C15H22N2O2/c1-12-4-6-13(7-5-12)17-14(18)10-19-15(2)8-3-9-16-11-15/h4-7,16H,3,8-11H2,1-2H3,(H,17,18). The van der Waals surface area contributed by atoms with E-state index in [0.29, 0.717) is 0 Å². The Hall–Kier alpha value is -1.39. The van der Waals surface area contributed by atoms with Crippen LogP contribution in [0.25, 0.3) is 0 Å². The van der Waals surface area contributed by atoms with Crippen LogP contribution in [0, 0.1) is 6.92 Å². The number of carbonyl (C=O) groups excluding carboxylic acids is 1. The third kappa shape index (κ3) is 4.33. The van der Waals surface area contributed by atoms with E-state index in [9.17, 15) is 4.79 Å². The number of piperidine rings is 1. The molecule has 1 unspecified atom stereocenters. The Balaban J connectivity index is 1.79. The fourth-order valence-corrected chi connectivity index (χ4v) is 2.23. The summed E-state index contributed by atoms with van der Waals surface area (Å²) >= 11 is 0. The smallest absolute Gasteiger partial charge is 0.250 e. The van der Waals surface area contributed by atoms with Crippen molar-refractivity contribution in [2.24, 2.45) is 0 Å². The monoisotopic (exact) mass is 262 g/mol.